The van der Waals surface area contributed by atoms with Gasteiger partial charge in [-0.2, -0.15) is 0 Å². The highest BCUT2D eigenvalue weighted by molar-refractivity contribution is 6.03. The normalized spacial score (nSPS) is 21.3. The van der Waals surface area contributed by atoms with Gasteiger partial charge in [0.25, 0.3) is 0 Å². The summed E-state index contributed by atoms with van der Waals surface area (Å²) in [7, 11) is 0. The zero-order chi connectivity index (χ0) is 50.4. The van der Waals surface area contributed by atoms with Gasteiger partial charge in [0.05, 0.1) is 31.5 Å². The molecule has 73 heavy (non-hydrogen) atoms. The molecule has 0 bridgehead atoms. The van der Waals surface area contributed by atoms with Crippen LogP contribution in [0.4, 0.5) is 9.18 Å². The van der Waals surface area contributed by atoms with Crippen LogP contribution in [0.25, 0.3) is 10.8 Å². The first kappa shape index (κ1) is 51.1. The molecule has 1 fully saturated rings. The Morgan fingerprint density at radius 3 is 2.19 bits per heavy atom. The first-order valence-electron chi connectivity index (χ1n) is 25.6. The second-order valence-corrected chi connectivity index (χ2v) is 19.0. The van der Waals surface area contributed by atoms with Gasteiger partial charge in [-0.1, -0.05) is 133 Å². The molecule has 1 amide bonds. The predicted molar refractivity (Wildman–Crippen MR) is 280 cm³/mol. The number of unbranched alkanes of at least 4 members (excludes halogenated alkanes) is 2. The van der Waals surface area contributed by atoms with Crippen LogP contribution in [0.3, 0.4) is 0 Å². The van der Waals surface area contributed by atoms with E-state index in [0.717, 1.165) is 58.7 Å². The van der Waals surface area contributed by atoms with E-state index in [1.165, 1.54) is 12.1 Å². The van der Waals surface area contributed by atoms with Crippen molar-refractivity contribution < 1.29 is 47.9 Å². The Balaban J connectivity index is 1.18. The maximum atomic E-state index is 15.1. The summed E-state index contributed by atoms with van der Waals surface area (Å²) in [6.07, 6.45) is 7.85. The van der Waals surface area contributed by atoms with E-state index in [4.69, 9.17) is 33.7 Å². The Hall–Kier alpha value is -6.83. The van der Waals surface area contributed by atoms with Crippen molar-refractivity contribution in [1.82, 2.24) is 4.90 Å². The lowest BCUT2D eigenvalue weighted by Crippen LogP contribution is -2.70. The third kappa shape index (κ3) is 12.2. The van der Waals surface area contributed by atoms with Crippen molar-refractivity contribution in [3.8, 4) is 17.2 Å². The summed E-state index contributed by atoms with van der Waals surface area (Å²) < 4.78 is 48.0. The van der Waals surface area contributed by atoms with Crippen LogP contribution in [0.1, 0.15) is 73.1 Å². The molecule has 6 atom stereocenters. The van der Waals surface area contributed by atoms with Crippen LogP contribution in [0, 0.1) is 23.6 Å². The zero-order valence-corrected chi connectivity index (χ0v) is 41.2. The highest BCUT2D eigenvalue weighted by Gasteiger charge is 2.65. The molecule has 0 radical (unpaired) electrons. The van der Waals surface area contributed by atoms with Crippen molar-refractivity contribution in [1.29, 1.82) is 0 Å². The first-order valence-corrected chi connectivity index (χ1v) is 25.6. The highest BCUT2D eigenvalue weighted by atomic mass is 19.1. The maximum absolute atomic E-state index is 15.1. The second-order valence-electron chi connectivity index (χ2n) is 19.0. The molecular weight excluding hydrogens is 924 g/mol. The molecule has 0 spiro atoms. The lowest BCUT2D eigenvalue weighted by molar-refractivity contribution is -0.256. The standard InChI is InChI=1S/C61H65FN2O9/c1-2-33-70-61-57(64(40-43-23-26-49(62)27-24-43)60(67)69-35-34-68-41-44-15-5-3-6-16-44)39-55(63-71-42-45-17-7-4-8-18-45)53-37-48(21-11-13-31-65)52(22-12-14-32-66)58(59(53)61)54-38-51(29-30-56(54)73-61)72-50-28-25-46-19-9-10-20-47(46)36-50/h2-10,15-20,23-30,36-38,48,52,57-59,65-66H,1,11-14,21-22,31-35,39-42H2/t48-,52+,57-,58+,59+,61+/m0/s1. The summed E-state index contributed by atoms with van der Waals surface area (Å²) in [5, 5.41) is 27.3. The van der Waals surface area contributed by atoms with E-state index in [1.807, 2.05) is 103 Å². The van der Waals surface area contributed by atoms with Crippen LogP contribution in [0.5, 0.6) is 17.2 Å². The fourth-order valence-corrected chi connectivity index (χ4v) is 11.0. The number of oxime groups is 1. The third-order valence-electron chi connectivity index (χ3n) is 14.3. The fourth-order valence-electron chi connectivity index (χ4n) is 11.0. The van der Waals surface area contributed by atoms with Crippen molar-refractivity contribution in [3.05, 3.63) is 198 Å². The number of nitrogens with zero attached hydrogens (tertiary/aromatic N) is 2. The van der Waals surface area contributed by atoms with Crippen molar-refractivity contribution in [2.24, 2.45) is 22.9 Å². The van der Waals surface area contributed by atoms with Gasteiger partial charge >= 0.3 is 6.09 Å². The predicted octanol–water partition coefficient (Wildman–Crippen LogP) is 12.5. The maximum Gasteiger partial charge on any atom is 0.410 e. The molecule has 2 N–H and O–H groups in total. The average molecular weight is 989 g/mol. The minimum Gasteiger partial charge on any atom is -0.459 e. The number of amides is 1. The van der Waals surface area contributed by atoms with E-state index < -0.39 is 29.7 Å². The SMILES string of the molecule is C=CCO[C@@]12Oc3ccc(Oc4ccc5ccccc5c4)cc3[C@H]3[C@H](CCCCO)[C@@H](CCCCO)C=C(C(=NOCc4ccccc4)C[C@@H]1N(Cc1ccc(F)cc1)C(=O)OCCOCc1ccccc1)[C@H]32. The molecule has 6 aromatic carbocycles. The summed E-state index contributed by atoms with van der Waals surface area (Å²) in [5.74, 6) is -0.966. The van der Waals surface area contributed by atoms with Crippen LogP contribution in [0.2, 0.25) is 0 Å². The summed E-state index contributed by atoms with van der Waals surface area (Å²) in [4.78, 5) is 23.0. The van der Waals surface area contributed by atoms with Crippen LogP contribution >= 0.6 is 0 Å². The lowest BCUT2D eigenvalue weighted by Gasteiger charge is -2.59. The molecule has 380 valence electrons. The van der Waals surface area contributed by atoms with E-state index in [-0.39, 0.29) is 70.4 Å². The quantitative estimate of drug-likeness (QED) is 0.0346. The van der Waals surface area contributed by atoms with Crippen molar-refractivity contribution in [2.45, 2.75) is 82.5 Å². The summed E-state index contributed by atoms with van der Waals surface area (Å²) >= 11 is 0. The number of aliphatic hydroxyl groups is 2. The summed E-state index contributed by atoms with van der Waals surface area (Å²) in [6.45, 7) is 4.96. The van der Waals surface area contributed by atoms with Crippen LogP contribution in [-0.4, -0.2) is 71.8 Å². The molecule has 11 nitrogen and oxygen atoms in total. The largest absolute Gasteiger partial charge is 0.459 e. The number of rotatable bonds is 24. The van der Waals surface area contributed by atoms with E-state index >= 15 is 4.79 Å². The Kier molecular flexibility index (Phi) is 17.3. The zero-order valence-electron chi connectivity index (χ0n) is 41.2. The molecule has 0 saturated heterocycles. The molecule has 3 aliphatic rings. The van der Waals surface area contributed by atoms with Crippen LogP contribution in [-0.2, 0) is 38.8 Å². The van der Waals surface area contributed by atoms with E-state index in [9.17, 15) is 14.6 Å². The second kappa shape index (κ2) is 24.7. The van der Waals surface area contributed by atoms with Crippen LogP contribution < -0.4 is 9.47 Å². The topological polar surface area (TPSA) is 129 Å². The summed E-state index contributed by atoms with van der Waals surface area (Å²) in [6, 6.07) is 44.9. The van der Waals surface area contributed by atoms with E-state index in [0.29, 0.717) is 48.0 Å². The molecule has 1 saturated carbocycles. The highest BCUT2D eigenvalue weighted by Crippen LogP contribution is 2.62. The number of hydrogen-bond donors (Lipinski definition) is 2. The van der Waals surface area contributed by atoms with Gasteiger partial charge in [0, 0.05) is 37.7 Å². The third-order valence-corrected chi connectivity index (χ3v) is 14.3. The molecule has 2 aliphatic carbocycles. The minimum absolute atomic E-state index is 0.0148. The Morgan fingerprint density at radius 2 is 1.45 bits per heavy atom. The molecule has 9 rings (SSSR count). The Labute approximate surface area is 427 Å². The van der Waals surface area contributed by atoms with Gasteiger partial charge in [-0.3, -0.25) is 4.90 Å². The number of allylic oxidation sites excluding steroid dienone is 1. The summed E-state index contributed by atoms with van der Waals surface area (Å²) in [5.41, 5.74) is 5.04. The van der Waals surface area contributed by atoms with Gasteiger partial charge < -0.3 is 38.7 Å². The van der Waals surface area contributed by atoms with Crippen molar-refractivity contribution >= 4 is 22.6 Å². The Morgan fingerprint density at radius 1 is 0.767 bits per heavy atom. The molecule has 12 heteroatoms. The number of halogens is 1. The van der Waals surface area contributed by atoms with Gasteiger partial charge in [0.1, 0.15) is 42.3 Å². The van der Waals surface area contributed by atoms with Crippen LogP contribution in [0.15, 0.2) is 175 Å². The fraction of sp³-hybridized carbons (Fsp3) is 0.344. The molecule has 1 heterocycles. The number of aliphatic hydroxyl groups excluding tert-OH is 2. The number of benzene rings is 6. The van der Waals surface area contributed by atoms with Gasteiger partial charge in [0.2, 0.25) is 5.79 Å². The van der Waals surface area contributed by atoms with Crippen molar-refractivity contribution in [2.75, 3.05) is 33.0 Å². The van der Waals surface area contributed by atoms with Crippen molar-refractivity contribution in [3.63, 3.8) is 0 Å². The first-order chi connectivity index (χ1) is 35.9. The van der Waals surface area contributed by atoms with Gasteiger partial charge in [-0.15, -0.1) is 6.58 Å². The molecular formula is C61H65FN2O9. The smallest absolute Gasteiger partial charge is 0.410 e. The van der Waals surface area contributed by atoms with Gasteiger partial charge in [-0.25, -0.2) is 9.18 Å². The number of ether oxygens (including phenoxy) is 5. The molecule has 6 aromatic rings. The number of carbonyl (C=O) groups is 1. The van der Waals surface area contributed by atoms with E-state index in [2.05, 4.69) is 30.9 Å². The average Bonchev–Trinajstić information content (AvgIpc) is 3.42. The molecule has 0 unspecified atom stereocenters. The van der Waals surface area contributed by atoms with Gasteiger partial charge in [-0.05, 0) is 113 Å². The Bertz CT molecular complexity index is 2820. The monoisotopic (exact) mass is 988 g/mol. The molecule has 0 aromatic heterocycles. The lowest BCUT2D eigenvalue weighted by atomic mass is 9.55. The molecule has 1 aliphatic heterocycles. The number of carbonyl (C=O) groups excluding carboxylic acids is 1. The van der Waals surface area contributed by atoms with Gasteiger partial charge in [0.15, 0.2) is 0 Å². The van der Waals surface area contributed by atoms with E-state index in [1.54, 1.807) is 23.1 Å². The number of hydrogen-bond acceptors (Lipinski definition) is 10. The minimum atomic E-state index is -1.56. The number of fused-ring (bicyclic) bond motifs is 3.